The molecule has 0 saturated heterocycles. The predicted molar refractivity (Wildman–Crippen MR) is 527 cm³/mol. The summed E-state index contributed by atoms with van der Waals surface area (Å²) in [6.07, 6.45) is 5.96. The molecule has 1 rings (SSSR count). The summed E-state index contributed by atoms with van der Waals surface area (Å²) >= 11 is 0. The largest absolute Gasteiger partial charge is 0.481 e. The molecule has 41 nitrogen and oxygen atoms in total. The number of carboxylic acid groups (broad SMARTS) is 10. The quantitative estimate of drug-likeness (QED) is 0.0200. The zero-order valence-electron chi connectivity index (χ0n) is 91.3. The van der Waals surface area contributed by atoms with Crippen molar-refractivity contribution in [2.45, 2.75) is 355 Å². The molecule has 0 aromatic rings. The lowest BCUT2D eigenvalue weighted by Crippen LogP contribution is -2.30. The first-order valence-corrected chi connectivity index (χ1v) is 48.7. The topological polar surface area (TPSA) is 645 Å². The van der Waals surface area contributed by atoms with Crippen molar-refractivity contribution < 1.29 is 199 Å². The average molecular weight is 2060 g/mol. The first-order valence-electron chi connectivity index (χ1n) is 48.7. The molecule has 0 heterocycles. The minimum atomic E-state index is -1.10. The zero-order valence-corrected chi connectivity index (χ0v) is 91.3. The van der Waals surface area contributed by atoms with Crippen molar-refractivity contribution in [2.24, 2.45) is 98.1 Å². The lowest BCUT2D eigenvalue weighted by molar-refractivity contribution is -0.158. The van der Waals surface area contributed by atoms with E-state index in [1.165, 1.54) is 6.92 Å². The van der Waals surface area contributed by atoms with Crippen LogP contribution in [0, 0.1) is 98.1 Å². The fourth-order valence-corrected chi connectivity index (χ4v) is 10.6. The molecule has 4 unspecified atom stereocenters. The zero-order chi connectivity index (χ0) is 114. The maximum absolute atomic E-state index is 11.7. The molecule has 0 aliphatic heterocycles. The third kappa shape index (κ3) is 115. The normalized spacial score (nSPS) is 12.8. The number of carbonyl (C=O) groups is 20. The summed E-state index contributed by atoms with van der Waals surface area (Å²) in [6, 6.07) is 0. The minimum Gasteiger partial charge on any atom is -0.481 e. The summed E-state index contributed by atoms with van der Waals surface area (Å²) in [5.74, 6) is -10.8. The fraction of sp³-hybridized carbons (Fsp3) is 0.804. The van der Waals surface area contributed by atoms with Gasteiger partial charge in [-0.25, -0.2) is 9.59 Å². The van der Waals surface area contributed by atoms with Gasteiger partial charge in [0.1, 0.15) is 13.2 Å². The van der Waals surface area contributed by atoms with Gasteiger partial charge < -0.3 is 103 Å². The van der Waals surface area contributed by atoms with Gasteiger partial charge in [-0.15, -0.1) is 0 Å². The van der Waals surface area contributed by atoms with Crippen molar-refractivity contribution in [3.8, 4) is 0 Å². The Morgan fingerprint density at radius 2 is 0.566 bits per heavy atom. The van der Waals surface area contributed by atoms with Gasteiger partial charge in [-0.05, 0) is 126 Å². The van der Waals surface area contributed by atoms with E-state index >= 15 is 0 Å². The molecule has 0 radical (unpaired) electrons. The van der Waals surface area contributed by atoms with E-state index in [1.54, 1.807) is 55.4 Å². The molecule has 1 aliphatic rings. The number of aliphatic carboxylic acids is 10. The molecule has 4 atom stereocenters. The van der Waals surface area contributed by atoms with E-state index in [0.29, 0.717) is 127 Å². The van der Waals surface area contributed by atoms with Crippen LogP contribution < -0.4 is 0 Å². The van der Waals surface area contributed by atoms with Crippen LogP contribution in [0.15, 0.2) is 0 Å². The van der Waals surface area contributed by atoms with Crippen molar-refractivity contribution in [3.63, 3.8) is 0 Å². The highest BCUT2D eigenvalue weighted by atomic mass is 16.6. The maximum Gasteiger partial charge on any atom is 0.332 e. The molecular formula is C102H182O41. The molecule has 1 aliphatic carbocycles. The van der Waals surface area contributed by atoms with Gasteiger partial charge in [0.25, 0.3) is 0 Å². The van der Waals surface area contributed by atoms with E-state index in [0.717, 1.165) is 25.7 Å². The van der Waals surface area contributed by atoms with Crippen LogP contribution in [-0.4, -0.2) is 250 Å². The van der Waals surface area contributed by atoms with Crippen LogP contribution in [0.25, 0.3) is 0 Å². The molecule has 0 aromatic carbocycles. The lowest BCUT2D eigenvalue weighted by Gasteiger charge is -2.25. The minimum absolute atomic E-state index is 0.000276. The van der Waals surface area contributed by atoms with E-state index in [9.17, 15) is 95.9 Å². The van der Waals surface area contributed by atoms with Crippen molar-refractivity contribution in [1.82, 2.24) is 0 Å². The van der Waals surface area contributed by atoms with Gasteiger partial charge in [0, 0.05) is 25.7 Å². The molecule has 1 fully saturated rings. The monoisotopic (exact) mass is 2060 g/mol. The Morgan fingerprint density at radius 1 is 0.266 bits per heavy atom. The Labute approximate surface area is 847 Å². The predicted octanol–water partition coefficient (Wildman–Crippen LogP) is 17.1. The molecule has 41 heteroatoms. The number of esters is 10. The van der Waals surface area contributed by atoms with Crippen molar-refractivity contribution in [2.75, 3.05) is 79.3 Å². The Balaban J connectivity index is -0.000000200. The summed E-state index contributed by atoms with van der Waals surface area (Å²) in [5.41, 5.74) is -2.94. The molecular weight excluding hydrogens is 1880 g/mol. The second-order valence-corrected chi connectivity index (χ2v) is 41.7. The van der Waals surface area contributed by atoms with E-state index in [2.05, 4.69) is 4.74 Å². The summed E-state index contributed by atoms with van der Waals surface area (Å²) in [6.45, 7) is 59.1. The summed E-state index contributed by atoms with van der Waals surface area (Å²) in [5, 5.41) is 85.5. The molecule has 0 bridgehead atoms. The van der Waals surface area contributed by atoms with Gasteiger partial charge in [0.05, 0.1) is 154 Å². The lowest BCUT2D eigenvalue weighted by atomic mass is 9.79. The smallest absolute Gasteiger partial charge is 0.332 e. The standard InChI is InChI=1S/C13H22O4.C12H22O4.3C11H20O4.C10H18O4.2C9H16O4.C8H14O5.C8H14O4/c1-10(2)9-17-12(16)8-13(7-11(14)15)5-3-4-6-13;1-5-12(4,6-10(13)14)7-11(15)16-8-9(2)3;2*1-8(2)7-15-10(14)6-11(3,4)5-9(12)13;1-5-11(4,10(13)14)6-9(12)15-7-8(2)3;1-7(2)6-14-10(13)5-8(3)4-9(11)12;1-6(2)5-13-8(10)4-7(3)9(11)12;1-7(2)6-13-9(12)5-3-4-8(10)11;1-6(2)3-13-8(11)5-12-4-7(9)10;1-6(2)5-12-8(11)4-3-7(9)10/h10H,3-9H2,1-2H3,(H,14,15);9H,5-8H2,1-4H3,(H,13,14);2*8H,5-7H2,1-4H3,(H,12,13);8H,5-7H2,1-4H3,(H,13,14);7-8H,4-6H2,1-3H3,(H,11,12);6-7H,4-5H2,1-3H3,(H,11,12);7H,3-6H2,1-2H3,(H,10,11);6H,3-5H2,1-2H3,(H,9,10);6H,3-5H2,1-2H3,(H,9,10). The second kappa shape index (κ2) is 85.7. The molecule has 143 heavy (non-hydrogen) atoms. The van der Waals surface area contributed by atoms with Gasteiger partial charge in [-0.2, -0.15) is 0 Å². The number of rotatable bonds is 59. The molecule has 0 aromatic heterocycles. The highest BCUT2D eigenvalue weighted by Gasteiger charge is 2.39. The number of carboxylic acids is 10. The summed E-state index contributed by atoms with van der Waals surface area (Å²) in [7, 11) is 0. The highest BCUT2D eigenvalue weighted by Crippen LogP contribution is 2.44. The van der Waals surface area contributed by atoms with Crippen LogP contribution in [-0.2, 0) is 148 Å². The van der Waals surface area contributed by atoms with Gasteiger partial charge in [0.2, 0.25) is 0 Å². The summed E-state index contributed by atoms with van der Waals surface area (Å²) in [4.78, 5) is 216. The maximum atomic E-state index is 11.7. The molecule has 0 amide bonds. The average Bonchev–Trinajstić information content (AvgIpc) is 1.70. The number of carbonyl (C=O) groups excluding carboxylic acids is 10. The Morgan fingerprint density at radius 3 is 0.853 bits per heavy atom. The van der Waals surface area contributed by atoms with Crippen LogP contribution in [0.5, 0.6) is 0 Å². The van der Waals surface area contributed by atoms with Gasteiger partial charge in [-0.1, -0.05) is 214 Å². The number of hydrogen-bond donors (Lipinski definition) is 10. The Kier molecular flexibility index (Phi) is 90.0. The van der Waals surface area contributed by atoms with E-state index < -0.39 is 118 Å². The number of ether oxygens (including phenoxy) is 11. The highest BCUT2D eigenvalue weighted by molar-refractivity contribution is 5.82. The molecule has 0 spiro atoms. The van der Waals surface area contributed by atoms with Gasteiger partial charge >= 0.3 is 119 Å². The van der Waals surface area contributed by atoms with E-state index in [1.807, 2.05) is 145 Å². The second-order valence-electron chi connectivity index (χ2n) is 41.7. The van der Waals surface area contributed by atoms with E-state index in [-0.39, 0.29) is 174 Å². The SMILES string of the molecule is CC(C)COC(=O)CC(C)(C)CC(=O)O.CC(C)COC(=O)CC(C)(C)CC(=O)O.CC(C)COC(=O)CC(C)C(=O)O.CC(C)COC(=O)CC(C)CC(=O)O.CC(C)COC(=O)CC1(CC(=O)O)CCCC1.CC(C)COC(=O)CCC(=O)O.CC(C)COC(=O)CCCC(=O)O.CC(C)COC(=O)COCC(=O)O.CCC(C)(CC(=O)O)CC(=O)OCC(C)C.CCC(C)(CC(=O)OCC(C)C)C(=O)O. The van der Waals surface area contributed by atoms with Crippen LogP contribution >= 0.6 is 0 Å². The fourth-order valence-electron chi connectivity index (χ4n) is 10.6. The third-order valence-electron chi connectivity index (χ3n) is 18.5. The van der Waals surface area contributed by atoms with Crippen molar-refractivity contribution >= 4 is 119 Å². The third-order valence-corrected chi connectivity index (χ3v) is 18.5. The van der Waals surface area contributed by atoms with Crippen LogP contribution in [0.2, 0.25) is 0 Å². The van der Waals surface area contributed by atoms with Crippen molar-refractivity contribution in [1.29, 1.82) is 0 Å². The van der Waals surface area contributed by atoms with Gasteiger partial charge in [0.15, 0.2) is 0 Å². The summed E-state index contributed by atoms with van der Waals surface area (Å²) < 4.78 is 53.7. The molecule has 836 valence electrons. The molecule has 10 N–H and O–H groups in total. The van der Waals surface area contributed by atoms with Gasteiger partial charge in [-0.3, -0.25) is 86.3 Å². The molecule has 1 saturated carbocycles. The van der Waals surface area contributed by atoms with Crippen LogP contribution in [0.3, 0.4) is 0 Å². The Hall–Kier alpha value is -10.6. The van der Waals surface area contributed by atoms with Crippen LogP contribution in [0.1, 0.15) is 355 Å². The van der Waals surface area contributed by atoms with Crippen molar-refractivity contribution in [3.05, 3.63) is 0 Å². The number of hydrogen-bond acceptors (Lipinski definition) is 31. The van der Waals surface area contributed by atoms with E-state index in [4.69, 9.17) is 98.4 Å². The van der Waals surface area contributed by atoms with Crippen LogP contribution in [0.4, 0.5) is 0 Å². The Bertz CT molecular complexity index is 3560. The first-order chi connectivity index (χ1) is 65.4. The first kappa shape index (κ1) is 150.